The summed E-state index contributed by atoms with van der Waals surface area (Å²) in [6.07, 6.45) is 2.28. The molecule has 0 rings (SSSR count). The second-order valence-electron chi connectivity index (χ2n) is 5.38. The summed E-state index contributed by atoms with van der Waals surface area (Å²) < 4.78 is 27.5. The Morgan fingerprint density at radius 2 is 1.94 bits per heavy atom. The highest BCUT2D eigenvalue weighted by Gasteiger charge is 2.24. The molecule has 0 heterocycles. The van der Waals surface area contributed by atoms with Crippen LogP contribution in [0.1, 0.15) is 40.5 Å². The van der Waals surface area contributed by atoms with Crippen LogP contribution in [-0.2, 0) is 14.8 Å². The van der Waals surface area contributed by atoms with Crippen molar-refractivity contribution in [2.24, 2.45) is 16.5 Å². The Balaban J connectivity index is 3.91. The maximum absolute atomic E-state index is 11.0. The third-order valence-electron chi connectivity index (χ3n) is 2.27. The van der Waals surface area contributed by atoms with Crippen molar-refractivity contribution in [2.45, 2.75) is 40.5 Å². The molecule has 0 aliphatic heterocycles. The van der Waals surface area contributed by atoms with Crippen LogP contribution in [0.25, 0.3) is 0 Å². The lowest BCUT2D eigenvalue weighted by Crippen LogP contribution is -2.33. The van der Waals surface area contributed by atoms with Crippen LogP contribution in [0.4, 0.5) is 0 Å². The van der Waals surface area contributed by atoms with Crippen molar-refractivity contribution >= 4 is 10.0 Å². The van der Waals surface area contributed by atoms with E-state index in [9.17, 15) is 8.42 Å². The largest absolute Gasteiger partial charge is 0.381 e. The number of primary sulfonamides is 1. The molecule has 0 radical (unpaired) electrons. The van der Waals surface area contributed by atoms with E-state index in [1.165, 1.54) is 0 Å². The Kier molecular flexibility index (Phi) is 6.51. The summed E-state index contributed by atoms with van der Waals surface area (Å²) in [6, 6.07) is 0. The molecule has 4 nitrogen and oxygen atoms in total. The number of sulfonamides is 1. The Morgan fingerprint density at radius 1 is 1.38 bits per heavy atom. The summed E-state index contributed by atoms with van der Waals surface area (Å²) in [5.41, 5.74) is -0.417. The van der Waals surface area contributed by atoms with Crippen LogP contribution >= 0.6 is 0 Å². The second-order valence-corrected chi connectivity index (χ2v) is 6.99. The normalized spacial score (nSPS) is 15.1. The minimum atomic E-state index is -3.42. The summed E-state index contributed by atoms with van der Waals surface area (Å²) in [4.78, 5) is 0. The van der Waals surface area contributed by atoms with E-state index in [1.807, 2.05) is 13.8 Å². The van der Waals surface area contributed by atoms with Gasteiger partial charge in [0.15, 0.2) is 0 Å². The molecule has 0 saturated carbocycles. The zero-order valence-corrected chi connectivity index (χ0v) is 11.6. The van der Waals surface area contributed by atoms with Crippen LogP contribution in [0.2, 0.25) is 0 Å². The molecule has 0 amide bonds. The van der Waals surface area contributed by atoms with E-state index in [0.717, 1.165) is 12.8 Å². The standard InChI is InChI=1S/C11H25NO3S/c1-5-6-10(2)7-15-8-11(3,4)9-16(12,13)14/h10H,5-9H2,1-4H3,(H2,12,13,14). The molecular formula is C11H25NO3S. The summed E-state index contributed by atoms with van der Waals surface area (Å²) in [6.45, 7) is 9.08. The van der Waals surface area contributed by atoms with Gasteiger partial charge >= 0.3 is 0 Å². The zero-order valence-electron chi connectivity index (χ0n) is 10.8. The number of nitrogens with two attached hydrogens (primary N) is 1. The lowest BCUT2D eigenvalue weighted by molar-refractivity contribution is 0.0505. The van der Waals surface area contributed by atoms with Crippen molar-refractivity contribution in [3.8, 4) is 0 Å². The molecule has 0 fully saturated rings. The number of hydrogen-bond acceptors (Lipinski definition) is 3. The topological polar surface area (TPSA) is 69.4 Å². The van der Waals surface area contributed by atoms with E-state index in [2.05, 4.69) is 13.8 Å². The maximum atomic E-state index is 11.0. The van der Waals surface area contributed by atoms with Gasteiger partial charge in [0.2, 0.25) is 10.0 Å². The fraction of sp³-hybridized carbons (Fsp3) is 1.00. The highest BCUT2D eigenvalue weighted by molar-refractivity contribution is 7.89. The molecule has 1 atom stereocenters. The molecule has 98 valence electrons. The quantitative estimate of drug-likeness (QED) is 0.714. The van der Waals surface area contributed by atoms with Crippen molar-refractivity contribution in [2.75, 3.05) is 19.0 Å². The van der Waals surface area contributed by atoms with E-state index in [4.69, 9.17) is 9.88 Å². The highest BCUT2D eigenvalue weighted by atomic mass is 32.2. The first-order chi connectivity index (χ1) is 7.16. The monoisotopic (exact) mass is 251 g/mol. The molecule has 2 N–H and O–H groups in total. The number of hydrogen-bond donors (Lipinski definition) is 1. The second kappa shape index (κ2) is 6.57. The molecule has 0 aromatic heterocycles. The zero-order chi connectivity index (χ0) is 12.8. The van der Waals surface area contributed by atoms with E-state index in [-0.39, 0.29) is 5.75 Å². The van der Waals surface area contributed by atoms with Crippen LogP contribution in [-0.4, -0.2) is 27.4 Å². The van der Waals surface area contributed by atoms with Crippen LogP contribution in [0.5, 0.6) is 0 Å². The van der Waals surface area contributed by atoms with Crippen LogP contribution in [0.15, 0.2) is 0 Å². The van der Waals surface area contributed by atoms with Gasteiger partial charge in [0.05, 0.1) is 12.4 Å². The van der Waals surface area contributed by atoms with Gasteiger partial charge in [-0.1, -0.05) is 34.1 Å². The van der Waals surface area contributed by atoms with Gasteiger partial charge in [0.1, 0.15) is 0 Å². The fourth-order valence-corrected chi connectivity index (χ4v) is 2.87. The molecule has 0 spiro atoms. The van der Waals surface area contributed by atoms with Crippen molar-refractivity contribution in [1.82, 2.24) is 0 Å². The average Bonchev–Trinajstić information content (AvgIpc) is 1.98. The Hall–Kier alpha value is -0.130. The molecule has 1 unspecified atom stereocenters. The summed E-state index contributed by atoms with van der Waals surface area (Å²) in [5.74, 6) is 0.484. The van der Waals surface area contributed by atoms with Gasteiger partial charge in [-0.3, -0.25) is 0 Å². The van der Waals surface area contributed by atoms with Crippen molar-refractivity contribution in [3.63, 3.8) is 0 Å². The first kappa shape index (κ1) is 15.9. The van der Waals surface area contributed by atoms with E-state index >= 15 is 0 Å². The first-order valence-corrected chi connectivity index (χ1v) is 7.46. The Morgan fingerprint density at radius 3 is 2.38 bits per heavy atom. The Bertz CT molecular complexity index is 286. The first-order valence-electron chi connectivity index (χ1n) is 5.74. The molecule has 0 aliphatic rings. The average molecular weight is 251 g/mol. The summed E-state index contributed by atoms with van der Waals surface area (Å²) in [5, 5.41) is 5.02. The summed E-state index contributed by atoms with van der Waals surface area (Å²) in [7, 11) is -3.42. The molecule has 0 bridgehead atoms. The third-order valence-corrected chi connectivity index (χ3v) is 3.45. The predicted molar refractivity (Wildman–Crippen MR) is 66.6 cm³/mol. The fourth-order valence-electron chi connectivity index (χ4n) is 1.70. The summed E-state index contributed by atoms with van der Waals surface area (Å²) >= 11 is 0. The SMILES string of the molecule is CCCC(C)COCC(C)(C)CS(N)(=O)=O. The van der Waals surface area contributed by atoms with Gasteiger partial charge in [-0.25, -0.2) is 13.6 Å². The smallest absolute Gasteiger partial charge is 0.209 e. The highest BCUT2D eigenvalue weighted by Crippen LogP contribution is 2.18. The van der Waals surface area contributed by atoms with Crippen LogP contribution in [0.3, 0.4) is 0 Å². The van der Waals surface area contributed by atoms with E-state index in [0.29, 0.717) is 19.1 Å². The van der Waals surface area contributed by atoms with Gasteiger partial charge < -0.3 is 4.74 Å². The number of ether oxygens (including phenoxy) is 1. The van der Waals surface area contributed by atoms with Gasteiger partial charge in [-0.05, 0) is 12.3 Å². The lowest BCUT2D eigenvalue weighted by Gasteiger charge is -2.24. The van der Waals surface area contributed by atoms with E-state index in [1.54, 1.807) is 0 Å². The molecule has 5 heteroatoms. The lowest BCUT2D eigenvalue weighted by atomic mass is 9.98. The maximum Gasteiger partial charge on any atom is 0.209 e. The molecule has 0 aromatic carbocycles. The van der Waals surface area contributed by atoms with Gasteiger partial charge in [0, 0.05) is 12.0 Å². The van der Waals surface area contributed by atoms with Gasteiger partial charge in [0.25, 0.3) is 0 Å². The minimum absolute atomic E-state index is 0.0395. The molecular weight excluding hydrogens is 226 g/mol. The molecule has 0 saturated heterocycles. The van der Waals surface area contributed by atoms with Crippen molar-refractivity contribution in [3.05, 3.63) is 0 Å². The third kappa shape index (κ3) is 9.12. The number of rotatable bonds is 8. The molecule has 16 heavy (non-hydrogen) atoms. The van der Waals surface area contributed by atoms with Gasteiger partial charge in [-0.15, -0.1) is 0 Å². The van der Waals surface area contributed by atoms with Crippen LogP contribution < -0.4 is 5.14 Å². The Labute approximate surface area is 99.6 Å². The minimum Gasteiger partial charge on any atom is -0.381 e. The van der Waals surface area contributed by atoms with Gasteiger partial charge in [-0.2, -0.15) is 0 Å². The molecule has 0 aromatic rings. The van der Waals surface area contributed by atoms with E-state index < -0.39 is 15.4 Å². The predicted octanol–water partition coefficient (Wildman–Crippen LogP) is 1.75. The van der Waals surface area contributed by atoms with Crippen LogP contribution in [0, 0.1) is 11.3 Å². The van der Waals surface area contributed by atoms with Crippen molar-refractivity contribution < 1.29 is 13.2 Å². The van der Waals surface area contributed by atoms with Crippen molar-refractivity contribution in [1.29, 1.82) is 0 Å². The molecule has 0 aliphatic carbocycles.